The Morgan fingerprint density at radius 1 is 0.846 bits per heavy atom. The van der Waals surface area contributed by atoms with Gasteiger partial charge in [0.1, 0.15) is 5.82 Å². The Hall–Kier alpha value is -3.63. The van der Waals surface area contributed by atoms with Gasteiger partial charge in [-0.05, 0) is 60.9 Å². The van der Waals surface area contributed by atoms with Crippen LogP contribution in [0.15, 0.2) is 66.7 Å². The first kappa shape index (κ1) is 29.9. The van der Waals surface area contributed by atoms with Gasteiger partial charge in [0.15, 0.2) is 11.6 Å². The number of benzene rings is 3. The molecule has 39 heavy (non-hydrogen) atoms. The summed E-state index contributed by atoms with van der Waals surface area (Å²) < 4.78 is 114. The molecule has 1 N–H and O–H groups in total. The number of carbonyl (C=O) groups excluding carboxylic acids is 1. The van der Waals surface area contributed by atoms with Crippen LogP contribution in [0.1, 0.15) is 48.9 Å². The molecule has 3 aromatic carbocycles. The highest BCUT2D eigenvalue weighted by atomic mass is 19.4. The van der Waals surface area contributed by atoms with E-state index in [0.29, 0.717) is 11.6 Å². The minimum Gasteiger partial charge on any atom is -0.488 e. The third-order valence-electron chi connectivity index (χ3n) is 5.81. The van der Waals surface area contributed by atoms with Crippen molar-refractivity contribution < 1.29 is 44.7 Å². The third kappa shape index (κ3) is 7.93. The first-order valence-corrected chi connectivity index (χ1v) is 11.9. The smallest absolute Gasteiger partial charge is 0.416 e. The molecule has 3 nitrogen and oxygen atoms in total. The molecule has 11 heteroatoms. The Kier molecular flexibility index (Phi) is 8.92. The Morgan fingerprint density at radius 2 is 1.49 bits per heavy atom. The van der Waals surface area contributed by atoms with Crippen LogP contribution in [0, 0.1) is 11.6 Å². The summed E-state index contributed by atoms with van der Waals surface area (Å²) in [6.07, 6.45) is -13.0. The van der Waals surface area contributed by atoms with Crippen molar-refractivity contribution >= 4 is 5.91 Å². The van der Waals surface area contributed by atoms with Crippen LogP contribution >= 0.6 is 0 Å². The van der Waals surface area contributed by atoms with E-state index in [9.17, 15) is 39.9 Å². The lowest BCUT2D eigenvalue weighted by Crippen LogP contribution is -2.49. The van der Waals surface area contributed by atoms with Gasteiger partial charge in [-0.15, -0.1) is 0 Å². The van der Waals surface area contributed by atoms with Gasteiger partial charge >= 0.3 is 12.4 Å². The van der Waals surface area contributed by atoms with Crippen molar-refractivity contribution in [2.45, 2.75) is 57.1 Å². The van der Waals surface area contributed by atoms with E-state index < -0.39 is 65.5 Å². The lowest BCUT2D eigenvalue weighted by molar-refractivity contribution is -0.144. The summed E-state index contributed by atoms with van der Waals surface area (Å²) in [4.78, 5) is 12.9. The maximum atomic E-state index is 14.7. The Labute approximate surface area is 219 Å². The van der Waals surface area contributed by atoms with E-state index in [2.05, 4.69) is 5.32 Å². The van der Waals surface area contributed by atoms with Gasteiger partial charge in [0.05, 0.1) is 23.6 Å². The number of carbonyl (C=O) groups is 1. The topological polar surface area (TPSA) is 38.3 Å². The predicted octanol–water partition coefficient (Wildman–Crippen LogP) is 7.72. The minimum absolute atomic E-state index is 0.0255. The molecule has 0 aliphatic rings. The molecule has 0 heterocycles. The molecule has 0 fully saturated rings. The zero-order valence-corrected chi connectivity index (χ0v) is 20.9. The molecule has 0 aromatic heterocycles. The number of rotatable bonds is 9. The average Bonchev–Trinajstić information content (AvgIpc) is 2.82. The maximum absolute atomic E-state index is 14.7. The molecule has 3 rings (SSSR count). The van der Waals surface area contributed by atoms with E-state index >= 15 is 0 Å². The number of alkyl halides is 6. The molecule has 210 valence electrons. The highest BCUT2D eigenvalue weighted by molar-refractivity contribution is 5.78. The quantitative estimate of drug-likeness (QED) is 0.273. The van der Waals surface area contributed by atoms with Crippen molar-refractivity contribution in [1.82, 2.24) is 5.32 Å². The SMILES string of the molecule is CC(C)Oc1cc(C(Cc2ccccc2)(NC(=O)CCC(F)(F)F)c2cc(F)cc(C(F)(F)F)c2)ccc1F. The molecule has 1 atom stereocenters. The molecule has 0 aliphatic carbocycles. The number of ether oxygens (including phenoxy) is 1. The summed E-state index contributed by atoms with van der Waals surface area (Å²) >= 11 is 0. The van der Waals surface area contributed by atoms with Crippen molar-refractivity contribution in [3.8, 4) is 5.75 Å². The van der Waals surface area contributed by atoms with Crippen LogP contribution in [0.3, 0.4) is 0 Å². The molecular formula is C28H25F8NO2. The van der Waals surface area contributed by atoms with E-state index in [-0.39, 0.29) is 23.8 Å². The van der Waals surface area contributed by atoms with Crippen LogP contribution in [-0.4, -0.2) is 18.2 Å². The van der Waals surface area contributed by atoms with Crippen molar-refractivity contribution in [3.63, 3.8) is 0 Å². The highest BCUT2D eigenvalue weighted by Crippen LogP contribution is 2.40. The zero-order valence-electron chi connectivity index (χ0n) is 20.9. The summed E-state index contributed by atoms with van der Waals surface area (Å²) in [6.45, 7) is 3.20. The Balaban J connectivity index is 2.32. The van der Waals surface area contributed by atoms with Gasteiger partial charge in [-0.2, -0.15) is 26.3 Å². The second-order valence-corrected chi connectivity index (χ2v) is 9.27. The van der Waals surface area contributed by atoms with Gasteiger partial charge in [-0.3, -0.25) is 4.79 Å². The predicted molar refractivity (Wildman–Crippen MR) is 128 cm³/mol. The van der Waals surface area contributed by atoms with Crippen LogP contribution in [-0.2, 0) is 22.9 Å². The molecule has 3 aromatic rings. The van der Waals surface area contributed by atoms with Crippen LogP contribution in [0.25, 0.3) is 0 Å². The van der Waals surface area contributed by atoms with Gasteiger partial charge in [0, 0.05) is 12.8 Å². The zero-order chi connectivity index (χ0) is 29.0. The first-order valence-electron chi connectivity index (χ1n) is 11.9. The van der Waals surface area contributed by atoms with E-state index in [1.807, 2.05) is 0 Å². The van der Waals surface area contributed by atoms with Crippen molar-refractivity contribution in [2.24, 2.45) is 0 Å². The molecule has 1 unspecified atom stereocenters. The van der Waals surface area contributed by atoms with E-state index in [0.717, 1.165) is 24.3 Å². The lowest BCUT2D eigenvalue weighted by atomic mass is 9.77. The fraction of sp³-hybridized carbons (Fsp3) is 0.321. The van der Waals surface area contributed by atoms with E-state index in [1.165, 1.54) is 0 Å². The molecule has 0 saturated heterocycles. The fourth-order valence-corrected chi connectivity index (χ4v) is 4.13. The summed E-state index contributed by atoms with van der Waals surface area (Å²) in [5.74, 6) is -3.57. The number of nitrogens with one attached hydrogen (secondary N) is 1. The summed E-state index contributed by atoms with van der Waals surface area (Å²) in [6, 6.07) is 12.9. The Morgan fingerprint density at radius 3 is 2.08 bits per heavy atom. The molecule has 0 bridgehead atoms. The lowest BCUT2D eigenvalue weighted by Gasteiger charge is -2.37. The summed E-state index contributed by atoms with van der Waals surface area (Å²) in [5.41, 5.74) is -3.40. The summed E-state index contributed by atoms with van der Waals surface area (Å²) in [5, 5.41) is 2.44. The van der Waals surface area contributed by atoms with E-state index in [1.54, 1.807) is 44.2 Å². The molecule has 0 spiro atoms. The van der Waals surface area contributed by atoms with Crippen LogP contribution < -0.4 is 10.1 Å². The number of halogens is 8. The molecule has 1 amide bonds. The van der Waals surface area contributed by atoms with Gasteiger partial charge in [0.2, 0.25) is 5.91 Å². The fourth-order valence-electron chi connectivity index (χ4n) is 4.13. The second kappa shape index (κ2) is 11.6. The van der Waals surface area contributed by atoms with Gasteiger partial charge in [-0.25, -0.2) is 8.78 Å². The third-order valence-corrected chi connectivity index (χ3v) is 5.81. The monoisotopic (exact) mass is 559 g/mol. The van der Waals surface area contributed by atoms with Crippen LogP contribution in [0.2, 0.25) is 0 Å². The van der Waals surface area contributed by atoms with Crippen LogP contribution in [0.5, 0.6) is 5.75 Å². The maximum Gasteiger partial charge on any atom is 0.416 e. The van der Waals surface area contributed by atoms with Crippen LogP contribution in [0.4, 0.5) is 35.1 Å². The second-order valence-electron chi connectivity index (χ2n) is 9.27. The standard InChI is InChI=1S/C28H25F8NO2/c1-17(2)39-24-15-19(8-9-23(24)30)26(16-18-6-4-3-5-7-18,37-25(38)10-11-27(31,32)33)20-12-21(28(34,35)36)14-22(29)13-20/h3-9,12-15,17H,10-11,16H2,1-2H3,(H,37,38). The number of hydrogen-bond acceptors (Lipinski definition) is 2. The normalized spacial score (nSPS) is 13.7. The number of hydrogen-bond donors (Lipinski definition) is 1. The largest absolute Gasteiger partial charge is 0.488 e. The van der Waals surface area contributed by atoms with Gasteiger partial charge in [-0.1, -0.05) is 36.4 Å². The molecule has 0 aliphatic heterocycles. The van der Waals surface area contributed by atoms with Crippen molar-refractivity contribution in [2.75, 3.05) is 0 Å². The van der Waals surface area contributed by atoms with Crippen molar-refractivity contribution in [3.05, 3.63) is 101 Å². The first-order chi connectivity index (χ1) is 18.1. The summed E-state index contributed by atoms with van der Waals surface area (Å²) in [7, 11) is 0. The minimum atomic E-state index is -4.98. The van der Waals surface area contributed by atoms with Crippen molar-refractivity contribution in [1.29, 1.82) is 0 Å². The van der Waals surface area contributed by atoms with E-state index in [4.69, 9.17) is 4.74 Å². The molecular weight excluding hydrogens is 534 g/mol. The number of amides is 1. The molecule has 0 saturated carbocycles. The van der Waals surface area contributed by atoms with Gasteiger partial charge in [0.25, 0.3) is 0 Å². The Bertz CT molecular complexity index is 1290. The van der Waals surface area contributed by atoms with Gasteiger partial charge < -0.3 is 10.1 Å². The molecule has 0 radical (unpaired) electrons. The average molecular weight is 559 g/mol. The highest BCUT2D eigenvalue weighted by Gasteiger charge is 2.41.